The Kier molecular flexibility index (Phi) is 5.05. The molecule has 1 N–H and O–H groups in total. The Labute approximate surface area is 158 Å². The van der Waals surface area contributed by atoms with Gasteiger partial charge in [-0.1, -0.05) is 59.8 Å². The van der Waals surface area contributed by atoms with E-state index in [0.717, 1.165) is 45.9 Å². The van der Waals surface area contributed by atoms with Crippen molar-refractivity contribution in [3.8, 4) is 11.3 Å². The number of aromatic nitrogens is 1. The maximum absolute atomic E-state index is 8.79. The van der Waals surface area contributed by atoms with E-state index in [9.17, 15) is 0 Å². The van der Waals surface area contributed by atoms with Crippen molar-refractivity contribution in [1.29, 1.82) is 0 Å². The Hall–Kier alpha value is -2.89. The molecule has 0 aliphatic carbocycles. The summed E-state index contributed by atoms with van der Waals surface area (Å²) in [6.07, 6.45) is 2.05. The number of nitrogens with zero attached hydrogens (tertiary/aromatic N) is 2. The van der Waals surface area contributed by atoms with E-state index in [0.29, 0.717) is 13.2 Å². The van der Waals surface area contributed by atoms with Crippen molar-refractivity contribution in [2.75, 3.05) is 20.3 Å². The first-order valence-electron chi connectivity index (χ1n) is 9.01. The van der Waals surface area contributed by atoms with Crippen molar-refractivity contribution < 1.29 is 14.4 Å². The fourth-order valence-electron chi connectivity index (χ4n) is 3.30. The zero-order valence-electron chi connectivity index (χ0n) is 15.3. The van der Waals surface area contributed by atoms with Gasteiger partial charge in [-0.2, -0.15) is 0 Å². The van der Waals surface area contributed by atoms with Crippen LogP contribution in [-0.4, -0.2) is 35.4 Å². The Morgan fingerprint density at radius 3 is 2.59 bits per heavy atom. The lowest BCUT2D eigenvalue weighted by Gasteiger charge is -2.26. The molecule has 138 valence electrons. The minimum absolute atomic E-state index is 0.0419. The first-order valence-corrected chi connectivity index (χ1v) is 9.01. The molecule has 0 atom stereocenters. The molecule has 0 saturated heterocycles. The molecule has 5 nitrogen and oxygen atoms in total. The van der Waals surface area contributed by atoms with E-state index in [1.807, 2.05) is 30.3 Å². The second-order valence-electron chi connectivity index (χ2n) is 6.60. The maximum atomic E-state index is 8.79. The molecule has 0 saturated carbocycles. The van der Waals surface area contributed by atoms with Crippen LogP contribution in [0.1, 0.15) is 22.5 Å². The van der Waals surface area contributed by atoms with Gasteiger partial charge in [0.2, 0.25) is 0 Å². The second kappa shape index (κ2) is 7.78. The molecule has 3 aromatic rings. The number of aliphatic hydroxyl groups excluding tert-OH is 1. The largest absolute Gasteiger partial charge is 0.394 e. The monoisotopic (exact) mass is 362 g/mol. The van der Waals surface area contributed by atoms with Crippen LogP contribution in [0.2, 0.25) is 0 Å². The van der Waals surface area contributed by atoms with E-state index in [2.05, 4.69) is 47.4 Å². The molecule has 2 aromatic carbocycles. The first kappa shape index (κ1) is 17.5. The fraction of sp³-hybridized carbons (Fsp3) is 0.227. The van der Waals surface area contributed by atoms with Crippen LogP contribution >= 0.6 is 0 Å². The van der Waals surface area contributed by atoms with Gasteiger partial charge in [0.15, 0.2) is 5.76 Å². The molecule has 5 heteroatoms. The van der Waals surface area contributed by atoms with Gasteiger partial charge in [-0.3, -0.25) is 0 Å². The van der Waals surface area contributed by atoms with Crippen molar-refractivity contribution in [2.45, 2.75) is 13.2 Å². The van der Waals surface area contributed by atoms with E-state index < -0.39 is 0 Å². The van der Waals surface area contributed by atoms with Crippen LogP contribution in [0.4, 0.5) is 0 Å². The molecule has 0 fully saturated rings. The van der Waals surface area contributed by atoms with Crippen LogP contribution in [0.5, 0.6) is 0 Å². The lowest BCUT2D eigenvalue weighted by Crippen LogP contribution is -2.20. The molecule has 0 radical (unpaired) electrons. The first-order chi connectivity index (χ1) is 13.3. The van der Waals surface area contributed by atoms with Crippen LogP contribution in [0, 0.1) is 0 Å². The van der Waals surface area contributed by atoms with Gasteiger partial charge in [-0.15, -0.1) is 0 Å². The molecule has 1 aliphatic rings. The van der Waals surface area contributed by atoms with Crippen LogP contribution in [-0.2, 0) is 17.9 Å². The number of hydrogen-bond donors (Lipinski definition) is 1. The average molecular weight is 362 g/mol. The summed E-state index contributed by atoms with van der Waals surface area (Å²) in [4.78, 5) is 2.21. The van der Waals surface area contributed by atoms with Gasteiger partial charge in [0.1, 0.15) is 5.69 Å². The van der Waals surface area contributed by atoms with Crippen LogP contribution in [0.25, 0.3) is 23.0 Å². The quantitative estimate of drug-likeness (QED) is 0.676. The maximum Gasteiger partial charge on any atom is 0.167 e. The molecule has 2 heterocycles. The Bertz CT molecular complexity index is 930. The molecule has 0 amide bonds. The Balaban J connectivity index is 1.59. The zero-order valence-corrected chi connectivity index (χ0v) is 15.3. The van der Waals surface area contributed by atoms with Gasteiger partial charge in [0.05, 0.1) is 19.8 Å². The summed E-state index contributed by atoms with van der Waals surface area (Å²) in [5.74, 6) is 0.817. The fourth-order valence-corrected chi connectivity index (χ4v) is 3.30. The van der Waals surface area contributed by atoms with Crippen molar-refractivity contribution >= 4 is 11.8 Å². The third kappa shape index (κ3) is 3.65. The average Bonchev–Trinajstić information content (AvgIpc) is 3.11. The van der Waals surface area contributed by atoms with Crippen molar-refractivity contribution in [1.82, 2.24) is 10.1 Å². The van der Waals surface area contributed by atoms with Crippen molar-refractivity contribution in [3.63, 3.8) is 0 Å². The summed E-state index contributed by atoms with van der Waals surface area (Å²) in [6.45, 7) is 1.65. The highest BCUT2D eigenvalue weighted by Gasteiger charge is 2.24. The highest BCUT2D eigenvalue weighted by Crippen LogP contribution is 2.35. The number of ether oxygens (including phenoxy) is 1. The predicted octanol–water partition coefficient (Wildman–Crippen LogP) is 3.79. The van der Waals surface area contributed by atoms with E-state index in [1.54, 1.807) is 0 Å². The van der Waals surface area contributed by atoms with Gasteiger partial charge in [0, 0.05) is 36.5 Å². The molecule has 0 bridgehead atoms. The highest BCUT2D eigenvalue weighted by atomic mass is 16.5. The van der Waals surface area contributed by atoms with Gasteiger partial charge in [-0.05, 0) is 11.1 Å². The van der Waals surface area contributed by atoms with E-state index in [4.69, 9.17) is 14.4 Å². The van der Waals surface area contributed by atoms with Crippen LogP contribution < -0.4 is 0 Å². The van der Waals surface area contributed by atoms with Crippen LogP contribution in [0.15, 0.2) is 59.1 Å². The normalized spacial score (nSPS) is 13.4. The van der Waals surface area contributed by atoms with Gasteiger partial charge in [-0.25, -0.2) is 0 Å². The standard InChI is InChI=1S/C22H22N2O3/c1-24-14-19-21(27-23-22(19)18-5-3-2-4-6-18)13-20(24)17-9-7-16(8-10-17)15-26-12-11-25/h2-10,13,25H,11-12,14-15H2,1H3. The Morgan fingerprint density at radius 2 is 1.85 bits per heavy atom. The van der Waals surface area contributed by atoms with Crippen molar-refractivity contribution in [3.05, 3.63) is 77.0 Å². The lowest BCUT2D eigenvalue weighted by atomic mass is 9.99. The number of aliphatic hydroxyl groups is 1. The molecule has 1 aromatic heterocycles. The number of rotatable bonds is 6. The number of hydrogen-bond acceptors (Lipinski definition) is 5. The molecule has 1 aliphatic heterocycles. The highest BCUT2D eigenvalue weighted by molar-refractivity contribution is 5.83. The molecule has 0 unspecified atom stereocenters. The number of fused-ring (bicyclic) bond motifs is 1. The van der Waals surface area contributed by atoms with Gasteiger partial charge in [0.25, 0.3) is 0 Å². The van der Waals surface area contributed by atoms with E-state index >= 15 is 0 Å². The SMILES string of the molecule is CN1Cc2c(-c3ccccc3)noc2C=C1c1ccc(COCCO)cc1. The topological polar surface area (TPSA) is 58.7 Å². The third-order valence-corrected chi connectivity index (χ3v) is 4.69. The van der Waals surface area contributed by atoms with Crippen molar-refractivity contribution in [2.24, 2.45) is 0 Å². The lowest BCUT2D eigenvalue weighted by molar-refractivity contribution is 0.0815. The van der Waals surface area contributed by atoms with Gasteiger partial charge < -0.3 is 19.3 Å². The van der Waals surface area contributed by atoms with E-state index in [1.165, 1.54) is 0 Å². The summed E-state index contributed by atoms with van der Waals surface area (Å²) in [7, 11) is 2.08. The van der Waals surface area contributed by atoms with Gasteiger partial charge >= 0.3 is 0 Å². The smallest absolute Gasteiger partial charge is 0.167 e. The summed E-state index contributed by atoms with van der Waals surface area (Å²) in [5, 5.41) is 13.1. The summed E-state index contributed by atoms with van der Waals surface area (Å²) in [5.41, 5.74) is 6.39. The summed E-state index contributed by atoms with van der Waals surface area (Å²) < 4.78 is 11.0. The Morgan fingerprint density at radius 1 is 1.07 bits per heavy atom. The number of benzene rings is 2. The van der Waals surface area contributed by atoms with E-state index in [-0.39, 0.29) is 6.61 Å². The molecule has 27 heavy (non-hydrogen) atoms. The third-order valence-electron chi connectivity index (χ3n) is 4.69. The van der Waals surface area contributed by atoms with Crippen LogP contribution in [0.3, 0.4) is 0 Å². The zero-order chi connectivity index (χ0) is 18.6. The molecule has 0 spiro atoms. The molecule has 4 rings (SSSR count). The minimum Gasteiger partial charge on any atom is -0.394 e. The predicted molar refractivity (Wildman–Crippen MR) is 104 cm³/mol. The molecular weight excluding hydrogens is 340 g/mol. The summed E-state index contributed by atoms with van der Waals surface area (Å²) >= 11 is 0. The molecular formula is C22H22N2O3. The summed E-state index contributed by atoms with van der Waals surface area (Å²) in [6, 6.07) is 18.4. The minimum atomic E-state index is 0.0419. The second-order valence-corrected chi connectivity index (χ2v) is 6.60.